The average molecular weight is 380 g/mol. The average Bonchev–Trinajstić information content (AvgIpc) is 2.54. The molecule has 0 spiro atoms. The van der Waals surface area contributed by atoms with Gasteiger partial charge in [0.05, 0.1) is 11.6 Å². The number of ether oxygens (including phenoxy) is 1. The standard InChI is InChI=1S/C17H15BrFNO3/c1-11(12-2-6-14(18)7-3-12)20-16(21)10-23-17(22)13-4-8-15(19)9-5-13/h2-9,11H,10H2,1H3,(H,20,21). The molecule has 0 aliphatic rings. The molecule has 0 aliphatic heterocycles. The predicted octanol–water partition coefficient (Wildman–Crippen LogP) is 3.62. The maximum absolute atomic E-state index is 12.8. The van der Waals surface area contributed by atoms with E-state index in [1.54, 1.807) is 0 Å². The van der Waals surface area contributed by atoms with Gasteiger partial charge in [0.25, 0.3) is 5.91 Å². The van der Waals surface area contributed by atoms with Gasteiger partial charge in [-0.15, -0.1) is 0 Å². The van der Waals surface area contributed by atoms with Gasteiger partial charge >= 0.3 is 5.97 Å². The third kappa shape index (κ3) is 5.17. The zero-order chi connectivity index (χ0) is 16.8. The number of rotatable bonds is 5. The second-order valence-corrected chi connectivity index (χ2v) is 5.84. The van der Waals surface area contributed by atoms with E-state index in [4.69, 9.17) is 4.74 Å². The Morgan fingerprint density at radius 3 is 2.35 bits per heavy atom. The topological polar surface area (TPSA) is 55.4 Å². The lowest BCUT2D eigenvalue weighted by Gasteiger charge is -2.14. The number of hydrogen-bond donors (Lipinski definition) is 1. The maximum atomic E-state index is 12.8. The minimum atomic E-state index is -0.670. The molecule has 2 rings (SSSR count). The number of hydrogen-bond acceptors (Lipinski definition) is 3. The van der Waals surface area contributed by atoms with Crippen molar-refractivity contribution in [2.45, 2.75) is 13.0 Å². The van der Waals surface area contributed by atoms with E-state index in [-0.39, 0.29) is 11.6 Å². The third-order valence-electron chi connectivity index (χ3n) is 3.16. The second-order valence-electron chi connectivity index (χ2n) is 4.92. The molecule has 0 heterocycles. The van der Waals surface area contributed by atoms with Crippen molar-refractivity contribution >= 4 is 27.8 Å². The highest BCUT2D eigenvalue weighted by Gasteiger charge is 2.13. The van der Waals surface area contributed by atoms with Crippen LogP contribution in [0.5, 0.6) is 0 Å². The quantitative estimate of drug-likeness (QED) is 0.807. The molecule has 0 saturated heterocycles. The zero-order valence-corrected chi connectivity index (χ0v) is 14.0. The molecule has 1 atom stereocenters. The molecule has 0 aromatic heterocycles. The van der Waals surface area contributed by atoms with Gasteiger partial charge in [0.2, 0.25) is 0 Å². The van der Waals surface area contributed by atoms with Crippen molar-refractivity contribution in [3.8, 4) is 0 Å². The number of esters is 1. The smallest absolute Gasteiger partial charge is 0.338 e. The van der Waals surface area contributed by atoms with Gasteiger partial charge in [-0.1, -0.05) is 28.1 Å². The first-order valence-electron chi connectivity index (χ1n) is 6.93. The van der Waals surface area contributed by atoms with E-state index >= 15 is 0 Å². The molecule has 0 aliphatic carbocycles. The summed E-state index contributed by atoms with van der Waals surface area (Å²) in [6.07, 6.45) is 0. The predicted molar refractivity (Wildman–Crippen MR) is 87.4 cm³/mol. The summed E-state index contributed by atoms with van der Waals surface area (Å²) < 4.78 is 18.6. The second kappa shape index (κ2) is 7.87. The minimum Gasteiger partial charge on any atom is -0.452 e. The number of amides is 1. The fourth-order valence-electron chi connectivity index (χ4n) is 1.92. The van der Waals surface area contributed by atoms with Gasteiger partial charge in [0.1, 0.15) is 5.82 Å². The highest BCUT2D eigenvalue weighted by molar-refractivity contribution is 9.10. The number of carbonyl (C=O) groups is 2. The van der Waals surface area contributed by atoms with E-state index in [0.717, 1.165) is 22.2 Å². The first kappa shape index (κ1) is 17.1. The van der Waals surface area contributed by atoms with Gasteiger partial charge in [-0.2, -0.15) is 0 Å². The van der Waals surface area contributed by atoms with Crippen LogP contribution in [0.3, 0.4) is 0 Å². The van der Waals surface area contributed by atoms with Crippen LogP contribution in [-0.2, 0) is 9.53 Å². The summed E-state index contributed by atoms with van der Waals surface area (Å²) >= 11 is 3.34. The molecule has 1 unspecified atom stereocenters. The van der Waals surface area contributed by atoms with E-state index < -0.39 is 24.3 Å². The van der Waals surface area contributed by atoms with Crippen LogP contribution in [-0.4, -0.2) is 18.5 Å². The van der Waals surface area contributed by atoms with Crippen molar-refractivity contribution in [2.24, 2.45) is 0 Å². The number of carbonyl (C=O) groups excluding carboxylic acids is 2. The van der Waals surface area contributed by atoms with Crippen molar-refractivity contribution in [1.29, 1.82) is 0 Å². The molecule has 4 nitrogen and oxygen atoms in total. The summed E-state index contributed by atoms with van der Waals surface area (Å²) in [4.78, 5) is 23.5. The molecule has 2 aromatic carbocycles. The van der Waals surface area contributed by atoms with Crippen molar-refractivity contribution in [3.63, 3.8) is 0 Å². The van der Waals surface area contributed by atoms with Gasteiger partial charge in [0, 0.05) is 4.47 Å². The lowest BCUT2D eigenvalue weighted by Crippen LogP contribution is -2.31. The molecule has 1 amide bonds. The van der Waals surface area contributed by atoms with Crippen LogP contribution >= 0.6 is 15.9 Å². The van der Waals surface area contributed by atoms with E-state index in [0.29, 0.717) is 0 Å². The Morgan fingerprint density at radius 2 is 1.74 bits per heavy atom. The van der Waals surface area contributed by atoms with Crippen molar-refractivity contribution in [2.75, 3.05) is 6.61 Å². The number of benzene rings is 2. The van der Waals surface area contributed by atoms with Crippen LogP contribution in [0.4, 0.5) is 4.39 Å². The fraction of sp³-hybridized carbons (Fsp3) is 0.176. The molecular weight excluding hydrogens is 365 g/mol. The highest BCUT2D eigenvalue weighted by Crippen LogP contribution is 2.16. The van der Waals surface area contributed by atoms with Crippen LogP contribution in [0.1, 0.15) is 28.9 Å². The zero-order valence-electron chi connectivity index (χ0n) is 12.4. The normalized spacial score (nSPS) is 11.6. The van der Waals surface area contributed by atoms with Gasteiger partial charge in [-0.3, -0.25) is 4.79 Å². The van der Waals surface area contributed by atoms with E-state index in [2.05, 4.69) is 21.2 Å². The number of nitrogens with one attached hydrogen (secondary N) is 1. The van der Waals surface area contributed by atoms with Gasteiger partial charge in [-0.05, 0) is 48.9 Å². The Labute approximate surface area is 141 Å². The molecule has 0 radical (unpaired) electrons. The summed E-state index contributed by atoms with van der Waals surface area (Å²) in [5.41, 5.74) is 1.13. The Balaban J connectivity index is 1.83. The minimum absolute atomic E-state index is 0.195. The first-order valence-corrected chi connectivity index (χ1v) is 7.72. The molecule has 120 valence electrons. The van der Waals surface area contributed by atoms with E-state index in [9.17, 15) is 14.0 Å². The molecule has 23 heavy (non-hydrogen) atoms. The first-order chi connectivity index (χ1) is 11.0. The Hall–Kier alpha value is -2.21. The Bertz CT molecular complexity index is 686. The third-order valence-corrected chi connectivity index (χ3v) is 3.69. The monoisotopic (exact) mass is 379 g/mol. The lowest BCUT2D eigenvalue weighted by atomic mass is 10.1. The molecule has 0 saturated carbocycles. The van der Waals surface area contributed by atoms with E-state index in [1.807, 2.05) is 31.2 Å². The molecule has 1 N–H and O–H groups in total. The lowest BCUT2D eigenvalue weighted by molar-refractivity contribution is -0.124. The summed E-state index contributed by atoms with van der Waals surface area (Å²) in [6, 6.07) is 12.3. The van der Waals surface area contributed by atoms with Gasteiger partial charge in [-0.25, -0.2) is 9.18 Å². The van der Waals surface area contributed by atoms with E-state index in [1.165, 1.54) is 12.1 Å². The van der Waals surface area contributed by atoms with Crippen LogP contribution < -0.4 is 5.32 Å². The van der Waals surface area contributed by atoms with Crippen LogP contribution in [0.15, 0.2) is 53.0 Å². The maximum Gasteiger partial charge on any atom is 0.338 e. The number of halogens is 2. The SMILES string of the molecule is CC(NC(=O)COC(=O)c1ccc(F)cc1)c1ccc(Br)cc1. The van der Waals surface area contributed by atoms with Gasteiger partial charge in [0.15, 0.2) is 6.61 Å². The Morgan fingerprint density at radius 1 is 1.13 bits per heavy atom. The van der Waals surface area contributed by atoms with Crippen LogP contribution in [0.25, 0.3) is 0 Å². The molecule has 6 heteroatoms. The Kier molecular flexibility index (Phi) is 5.87. The van der Waals surface area contributed by atoms with Crippen molar-refractivity contribution < 1.29 is 18.7 Å². The molecule has 0 bridgehead atoms. The van der Waals surface area contributed by atoms with Crippen molar-refractivity contribution in [1.82, 2.24) is 5.32 Å². The molecular formula is C17H15BrFNO3. The summed E-state index contributed by atoms with van der Waals surface area (Å²) in [5, 5.41) is 2.74. The molecule has 0 fully saturated rings. The molecule has 2 aromatic rings. The fourth-order valence-corrected chi connectivity index (χ4v) is 2.18. The summed E-state index contributed by atoms with van der Waals surface area (Å²) in [6.45, 7) is 1.44. The highest BCUT2D eigenvalue weighted by atomic mass is 79.9. The van der Waals surface area contributed by atoms with Gasteiger partial charge < -0.3 is 10.1 Å². The van der Waals surface area contributed by atoms with Crippen LogP contribution in [0, 0.1) is 5.82 Å². The summed E-state index contributed by atoms with van der Waals surface area (Å²) in [5.74, 6) is -1.52. The summed E-state index contributed by atoms with van der Waals surface area (Å²) in [7, 11) is 0. The van der Waals surface area contributed by atoms with Crippen molar-refractivity contribution in [3.05, 3.63) is 69.9 Å². The largest absolute Gasteiger partial charge is 0.452 e. The van der Waals surface area contributed by atoms with Crippen LogP contribution in [0.2, 0.25) is 0 Å².